The van der Waals surface area contributed by atoms with Gasteiger partial charge in [0.2, 0.25) is 0 Å². The number of rotatable bonds is 8. The Kier molecular flexibility index (Phi) is 6.14. The minimum Gasteiger partial charge on any atom is -0.496 e. The van der Waals surface area contributed by atoms with Gasteiger partial charge in [0.05, 0.1) is 13.3 Å². The minimum atomic E-state index is 0.270. The summed E-state index contributed by atoms with van der Waals surface area (Å²) in [7, 11) is 3.67. The first kappa shape index (κ1) is 15.9. The fourth-order valence-electron chi connectivity index (χ4n) is 2.18. The van der Waals surface area contributed by atoms with Gasteiger partial charge in [-0.15, -0.1) is 11.8 Å². The van der Waals surface area contributed by atoms with Gasteiger partial charge in [0, 0.05) is 35.5 Å². The summed E-state index contributed by atoms with van der Waals surface area (Å²) in [6.45, 7) is 3.18. The molecule has 1 heterocycles. The Balaban J connectivity index is 2.09. The highest BCUT2D eigenvalue weighted by Crippen LogP contribution is 2.29. The molecule has 0 saturated heterocycles. The maximum atomic E-state index is 5.50. The van der Waals surface area contributed by atoms with Crippen LogP contribution in [0.25, 0.3) is 0 Å². The number of aryl methyl sites for hydroxylation is 1. The Labute approximate surface area is 130 Å². The molecule has 1 unspecified atom stereocenters. The number of nitrogens with zero attached hydrogens (tertiary/aromatic N) is 2. The van der Waals surface area contributed by atoms with Gasteiger partial charge in [-0.05, 0) is 19.0 Å². The van der Waals surface area contributed by atoms with Crippen LogP contribution in [0.5, 0.6) is 5.75 Å². The van der Waals surface area contributed by atoms with Crippen LogP contribution in [0.4, 0.5) is 0 Å². The average Bonchev–Trinajstić information content (AvgIpc) is 2.93. The zero-order chi connectivity index (χ0) is 15.1. The van der Waals surface area contributed by atoms with E-state index in [-0.39, 0.29) is 6.04 Å². The van der Waals surface area contributed by atoms with Crippen LogP contribution in [-0.2, 0) is 7.05 Å². The molecule has 0 spiro atoms. The monoisotopic (exact) mass is 305 g/mol. The summed E-state index contributed by atoms with van der Waals surface area (Å²) in [4.78, 5) is 1.19. The second kappa shape index (κ2) is 8.10. The standard InChI is InChI=1S/C16H23N3OS/c1-4-9-17-15(12-21-13-10-18-19(2)11-13)14-7-5-6-8-16(14)20-3/h5-8,10-11,15,17H,4,9,12H2,1-3H3. The lowest BCUT2D eigenvalue weighted by Gasteiger charge is -2.20. The summed E-state index contributed by atoms with van der Waals surface area (Å²) in [5.74, 6) is 1.89. The predicted octanol–water partition coefficient (Wildman–Crippen LogP) is 3.26. The first-order chi connectivity index (χ1) is 10.2. The third-order valence-corrected chi connectivity index (χ3v) is 4.30. The van der Waals surface area contributed by atoms with E-state index in [0.717, 1.165) is 24.5 Å². The van der Waals surface area contributed by atoms with E-state index in [4.69, 9.17) is 4.74 Å². The quantitative estimate of drug-likeness (QED) is 0.760. The Hall–Kier alpha value is -1.46. The van der Waals surface area contributed by atoms with Crippen molar-refractivity contribution in [1.29, 1.82) is 0 Å². The van der Waals surface area contributed by atoms with Gasteiger partial charge in [0.15, 0.2) is 0 Å². The van der Waals surface area contributed by atoms with Crippen LogP contribution in [0.1, 0.15) is 24.9 Å². The smallest absolute Gasteiger partial charge is 0.123 e. The summed E-state index contributed by atoms with van der Waals surface area (Å²) in [6.07, 6.45) is 5.07. The zero-order valence-electron chi connectivity index (χ0n) is 12.9. The van der Waals surface area contributed by atoms with E-state index >= 15 is 0 Å². The number of hydrogen-bond donors (Lipinski definition) is 1. The topological polar surface area (TPSA) is 39.1 Å². The molecule has 0 aliphatic rings. The van der Waals surface area contributed by atoms with Crippen LogP contribution in [0, 0.1) is 0 Å². The van der Waals surface area contributed by atoms with Crippen LogP contribution in [0.15, 0.2) is 41.6 Å². The van der Waals surface area contributed by atoms with Crippen LogP contribution in [0.3, 0.4) is 0 Å². The van der Waals surface area contributed by atoms with Crippen molar-refractivity contribution in [1.82, 2.24) is 15.1 Å². The molecule has 1 N–H and O–H groups in total. The number of ether oxygens (including phenoxy) is 1. The first-order valence-corrected chi connectivity index (χ1v) is 8.21. The van der Waals surface area contributed by atoms with Gasteiger partial charge in [-0.25, -0.2) is 0 Å². The van der Waals surface area contributed by atoms with Crippen LogP contribution < -0.4 is 10.1 Å². The number of aromatic nitrogens is 2. The number of benzene rings is 1. The van der Waals surface area contributed by atoms with Crippen LogP contribution in [-0.4, -0.2) is 29.2 Å². The molecular formula is C16H23N3OS. The third kappa shape index (κ3) is 4.51. The molecule has 0 radical (unpaired) electrons. The maximum Gasteiger partial charge on any atom is 0.123 e. The van der Waals surface area contributed by atoms with Crippen molar-refractivity contribution in [3.05, 3.63) is 42.2 Å². The lowest BCUT2D eigenvalue weighted by Crippen LogP contribution is -2.24. The average molecular weight is 305 g/mol. The van der Waals surface area contributed by atoms with E-state index < -0.39 is 0 Å². The highest BCUT2D eigenvalue weighted by Gasteiger charge is 2.15. The second-order valence-electron chi connectivity index (χ2n) is 4.91. The Morgan fingerprint density at radius 3 is 2.86 bits per heavy atom. The molecule has 2 aromatic rings. The van der Waals surface area contributed by atoms with E-state index in [1.165, 1.54) is 10.5 Å². The molecule has 0 bridgehead atoms. The van der Waals surface area contributed by atoms with Crippen molar-refractivity contribution in [2.45, 2.75) is 24.3 Å². The van der Waals surface area contributed by atoms with Crippen molar-refractivity contribution in [3.8, 4) is 5.75 Å². The molecule has 0 aliphatic carbocycles. The largest absolute Gasteiger partial charge is 0.496 e. The lowest BCUT2D eigenvalue weighted by molar-refractivity contribution is 0.402. The fraction of sp³-hybridized carbons (Fsp3) is 0.438. The van der Waals surface area contributed by atoms with E-state index in [2.05, 4.69) is 29.5 Å². The van der Waals surface area contributed by atoms with Gasteiger partial charge in [-0.3, -0.25) is 4.68 Å². The second-order valence-corrected chi connectivity index (χ2v) is 6.00. The van der Waals surface area contributed by atoms with Crippen molar-refractivity contribution >= 4 is 11.8 Å². The molecular weight excluding hydrogens is 282 g/mol. The number of hydrogen-bond acceptors (Lipinski definition) is 4. The number of methoxy groups -OCH3 is 1. The molecule has 114 valence electrons. The lowest BCUT2D eigenvalue weighted by atomic mass is 10.1. The normalized spacial score (nSPS) is 12.3. The van der Waals surface area contributed by atoms with Gasteiger partial charge < -0.3 is 10.1 Å². The molecule has 1 aromatic carbocycles. The van der Waals surface area contributed by atoms with Crippen molar-refractivity contribution < 1.29 is 4.74 Å². The van der Waals surface area contributed by atoms with E-state index in [0.29, 0.717) is 0 Å². The molecule has 0 fully saturated rings. The van der Waals surface area contributed by atoms with E-state index in [1.807, 2.05) is 48.0 Å². The molecule has 2 rings (SSSR count). The summed E-state index contributed by atoms with van der Waals surface area (Å²) < 4.78 is 7.33. The fourth-order valence-corrected chi connectivity index (χ4v) is 3.19. The highest BCUT2D eigenvalue weighted by molar-refractivity contribution is 7.99. The number of thioether (sulfide) groups is 1. The minimum absolute atomic E-state index is 0.270. The van der Waals surface area contributed by atoms with Gasteiger partial charge >= 0.3 is 0 Å². The molecule has 21 heavy (non-hydrogen) atoms. The van der Waals surface area contributed by atoms with Gasteiger partial charge in [0.1, 0.15) is 5.75 Å². The Morgan fingerprint density at radius 1 is 1.38 bits per heavy atom. The summed E-state index contributed by atoms with van der Waals surface area (Å²) in [5.41, 5.74) is 1.21. The van der Waals surface area contributed by atoms with Crippen molar-refractivity contribution in [2.24, 2.45) is 7.05 Å². The summed E-state index contributed by atoms with van der Waals surface area (Å²) in [5, 5.41) is 7.82. The molecule has 5 heteroatoms. The number of nitrogens with one attached hydrogen (secondary N) is 1. The third-order valence-electron chi connectivity index (χ3n) is 3.25. The van der Waals surface area contributed by atoms with Gasteiger partial charge in [0.25, 0.3) is 0 Å². The number of para-hydroxylation sites is 1. The van der Waals surface area contributed by atoms with Gasteiger partial charge in [-0.1, -0.05) is 25.1 Å². The van der Waals surface area contributed by atoms with Crippen LogP contribution >= 0.6 is 11.8 Å². The van der Waals surface area contributed by atoms with Crippen molar-refractivity contribution in [2.75, 3.05) is 19.4 Å². The first-order valence-electron chi connectivity index (χ1n) is 7.22. The summed E-state index contributed by atoms with van der Waals surface area (Å²) in [6, 6.07) is 8.49. The van der Waals surface area contributed by atoms with Crippen LogP contribution in [0.2, 0.25) is 0 Å². The van der Waals surface area contributed by atoms with Crippen molar-refractivity contribution in [3.63, 3.8) is 0 Å². The maximum absolute atomic E-state index is 5.50. The SMILES string of the molecule is CCCNC(CSc1cnn(C)c1)c1ccccc1OC. The highest BCUT2D eigenvalue weighted by atomic mass is 32.2. The Bertz CT molecular complexity index is 556. The summed E-state index contributed by atoms with van der Waals surface area (Å²) >= 11 is 1.81. The Morgan fingerprint density at radius 2 is 2.19 bits per heavy atom. The molecule has 4 nitrogen and oxygen atoms in total. The molecule has 0 saturated carbocycles. The molecule has 1 atom stereocenters. The molecule has 1 aromatic heterocycles. The van der Waals surface area contributed by atoms with E-state index in [1.54, 1.807) is 7.11 Å². The van der Waals surface area contributed by atoms with Gasteiger partial charge in [-0.2, -0.15) is 5.10 Å². The molecule has 0 amide bonds. The van der Waals surface area contributed by atoms with E-state index in [9.17, 15) is 0 Å². The predicted molar refractivity (Wildman–Crippen MR) is 88.0 cm³/mol. The zero-order valence-corrected chi connectivity index (χ0v) is 13.7. The molecule has 0 aliphatic heterocycles.